The predicted molar refractivity (Wildman–Crippen MR) is 102 cm³/mol. The van der Waals surface area contributed by atoms with Crippen molar-refractivity contribution in [3.8, 4) is 0 Å². The Morgan fingerprint density at radius 3 is 2.40 bits per heavy atom. The Bertz CT molecular complexity index is 727. The van der Waals surface area contributed by atoms with Gasteiger partial charge in [-0.25, -0.2) is 0 Å². The third-order valence-corrected chi connectivity index (χ3v) is 6.21. The molecule has 1 saturated heterocycles. The molecular weight excluding hydrogens is 330 g/mol. The SMILES string of the molecule is O=C(c1ccc(Cl)cc1)N1CC[C@@H](c2ccccc2)[C@@H]2CCCC[C@@H]21. The number of piperidine rings is 1. The summed E-state index contributed by atoms with van der Waals surface area (Å²) < 4.78 is 0. The highest BCUT2D eigenvalue weighted by atomic mass is 35.5. The maximum absolute atomic E-state index is 13.1. The van der Waals surface area contributed by atoms with Crippen LogP contribution in [0.1, 0.15) is 53.9 Å². The van der Waals surface area contributed by atoms with E-state index in [0.717, 1.165) is 24.9 Å². The number of hydrogen-bond acceptors (Lipinski definition) is 1. The van der Waals surface area contributed by atoms with Crippen LogP contribution in [0.25, 0.3) is 0 Å². The molecule has 1 aliphatic carbocycles. The van der Waals surface area contributed by atoms with E-state index < -0.39 is 0 Å². The van der Waals surface area contributed by atoms with Gasteiger partial charge in [-0.05, 0) is 60.9 Å². The lowest BCUT2D eigenvalue weighted by Gasteiger charge is -2.48. The van der Waals surface area contributed by atoms with Crippen LogP contribution >= 0.6 is 11.6 Å². The van der Waals surface area contributed by atoms with Crippen LogP contribution in [0.15, 0.2) is 54.6 Å². The van der Waals surface area contributed by atoms with E-state index in [0.29, 0.717) is 22.9 Å². The van der Waals surface area contributed by atoms with E-state index >= 15 is 0 Å². The molecule has 0 aromatic heterocycles. The first-order chi connectivity index (χ1) is 12.2. The zero-order chi connectivity index (χ0) is 17.2. The van der Waals surface area contributed by atoms with Crippen LogP contribution in [0.3, 0.4) is 0 Å². The van der Waals surface area contributed by atoms with Gasteiger partial charge in [0.05, 0.1) is 0 Å². The van der Waals surface area contributed by atoms with E-state index in [4.69, 9.17) is 11.6 Å². The lowest BCUT2D eigenvalue weighted by molar-refractivity contribution is 0.0319. The van der Waals surface area contributed by atoms with Gasteiger partial charge in [-0.1, -0.05) is 54.8 Å². The number of carbonyl (C=O) groups is 1. The van der Waals surface area contributed by atoms with Crippen molar-refractivity contribution in [3.05, 3.63) is 70.7 Å². The highest BCUT2D eigenvalue weighted by Crippen LogP contribution is 2.44. The minimum absolute atomic E-state index is 0.167. The van der Waals surface area contributed by atoms with Gasteiger partial charge in [0, 0.05) is 23.2 Å². The Morgan fingerprint density at radius 1 is 0.920 bits per heavy atom. The predicted octanol–water partition coefficient (Wildman–Crippen LogP) is 5.53. The molecule has 25 heavy (non-hydrogen) atoms. The number of nitrogens with zero attached hydrogens (tertiary/aromatic N) is 1. The van der Waals surface area contributed by atoms with Gasteiger partial charge < -0.3 is 4.90 Å². The van der Waals surface area contributed by atoms with E-state index in [9.17, 15) is 4.79 Å². The molecule has 1 aliphatic heterocycles. The fourth-order valence-electron chi connectivity index (χ4n) is 4.78. The molecule has 2 fully saturated rings. The summed E-state index contributed by atoms with van der Waals surface area (Å²) in [6.45, 7) is 0.849. The van der Waals surface area contributed by atoms with Gasteiger partial charge in [0.15, 0.2) is 0 Å². The maximum atomic E-state index is 13.1. The number of amides is 1. The van der Waals surface area contributed by atoms with E-state index in [2.05, 4.69) is 35.2 Å². The van der Waals surface area contributed by atoms with Crippen LogP contribution in [-0.4, -0.2) is 23.4 Å². The summed E-state index contributed by atoms with van der Waals surface area (Å²) in [5.41, 5.74) is 2.20. The third-order valence-electron chi connectivity index (χ3n) is 5.96. The van der Waals surface area contributed by atoms with E-state index in [1.165, 1.54) is 24.8 Å². The van der Waals surface area contributed by atoms with Gasteiger partial charge in [-0.15, -0.1) is 0 Å². The van der Waals surface area contributed by atoms with Gasteiger partial charge in [0.2, 0.25) is 0 Å². The molecule has 4 rings (SSSR count). The number of halogens is 1. The molecule has 3 atom stereocenters. The smallest absolute Gasteiger partial charge is 0.254 e. The molecule has 0 spiro atoms. The summed E-state index contributed by atoms with van der Waals surface area (Å²) in [5, 5.41) is 0.676. The summed E-state index contributed by atoms with van der Waals surface area (Å²) in [6, 6.07) is 18.6. The first kappa shape index (κ1) is 16.7. The molecule has 130 valence electrons. The average Bonchev–Trinajstić information content (AvgIpc) is 2.68. The minimum Gasteiger partial charge on any atom is -0.335 e. The molecule has 3 heteroatoms. The quantitative estimate of drug-likeness (QED) is 0.695. The molecule has 0 bridgehead atoms. The van der Waals surface area contributed by atoms with Crippen LogP contribution < -0.4 is 0 Å². The van der Waals surface area contributed by atoms with Gasteiger partial charge in [0.1, 0.15) is 0 Å². The number of likely N-dealkylation sites (tertiary alicyclic amines) is 1. The van der Waals surface area contributed by atoms with E-state index in [1.54, 1.807) is 0 Å². The fraction of sp³-hybridized carbons (Fsp3) is 0.409. The van der Waals surface area contributed by atoms with Gasteiger partial charge in [0.25, 0.3) is 5.91 Å². The normalized spacial score (nSPS) is 26.1. The molecule has 2 aromatic carbocycles. The molecule has 1 amide bonds. The van der Waals surface area contributed by atoms with Crippen molar-refractivity contribution in [1.82, 2.24) is 4.90 Å². The number of hydrogen-bond donors (Lipinski definition) is 0. The number of carbonyl (C=O) groups excluding carboxylic acids is 1. The van der Waals surface area contributed by atoms with Crippen molar-refractivity contribution in [3.63, 3.8) is 0 Å². The second-order valence-corrected chi connectivity index (χ2v) is 7.76. The van der Waals surface area contributed by atoms with Crippen molar-refractivity contribution in [2.75, 3.05) is 6.54 Å². The van der Waals surface area contributed by atoms with Crippen molar-refractivity contribution in [2.24, 2.45) is 5.92 Å². The molecular formula is C22H24ClNO. The second kappa shape index (κ2) is 7.21. The fourth-order valence-corrected chi connectivity index (χ4v) is 4.90. The van der Waals surface area contributed by atoms with E-state index in [-0.39, 0.29) is 5.91 Å². The maximum Gasteiger partial charge on any atom is 0.254 e. The number of rotatable bonds is 2. The minimum atomic E-state index is 0.167. The second-order valence-electron chi connectivity index (χ2n) is 7.33. The Kier molecular flexibility index (Phi) is 4.80. The lowest BCUT2D eigenvalue weighted by atomic mass is 9.69. The van der Waals surface area contributed by atoms with Crippen molar-refractivity contribution in [2.45, 2.75) is 44.1 Å². The monoisotopic (exact) mass is 353 g/mol. The van der Waals surface area contributed by atoms with Crippen LogP contribution in [0, 0.1) is 5.92 Å². The summed E-state index contributed by atoms with van der Waals surface area (Å²) in [4.78, 5) is 15.2. The molecule has 1 saturated carbocycles. The standard InChI is InChI=1S/C22H24ClNO/c23-18-12-10-17(11-13-18)22(25)24-15-14-19(16-6-2-1-3-7-16)20-8-4-5-9-21(20)24/h1-3,6-7,10-13,19-21H,4-5,8-9,14-15H2/t19-,20-,21-/m0/s1. The molecule has 1 heterocycles. The van der Waals surface area contributed by atoms with Crippen LogP contribution in [0.5, 0.6) is 0 Å². The van der Waals surface area contributed by atoms with Gasteiger partial charge in [-0.3, -0.25) is 4.79 Å². The third kappa shape index (κ3) is 3.32. The Balaban J connectivity index is 1.59. The summed E-state index contributed by atoms with van der Waals surface area (Å²) in [7, 11) is 0. The first-order valence-corrected chi connectivity index (χ1v) is 9.73. The molecule has 0 radical (unpaired) electrons. The van der Waals surface area contributed by atoms with Gasteiger partial charge in [-0.2, -0.15) is 0 Å². The lowest BCUT2D eigenvalue weighted by Crippen LogP contribution is -2.52. The van der Waals surface area contributed by atoms with Crippen molar-refractivity contribution < 1.29 is 4.79 Å². The summed E-state index contributed by atoms with van der Waals surface area (Å²) in [5.74, 6) is 1.34. The Labute approximate surface area is 154 Å². The molecule has 0 unspecified atom stereocenters. The molecule has 0 N–H and O–H groups in total. The largest absolute Gasteiger partial charge is 0.335 e. The summed E-state index contributed by atoms with van der Waals surface area (Å²) in [6.07, 6.45) is 5.94. The van der Waals surface area contributed by atoms with Crippen LogP contribution in [0.4, 0.5) is 0 Å². The Hall–Kier alpha value is -1.80. The highest BCUT2D eigenvalue weighted by Gasteiger charge is 2.41. The first-order valence-electron chi connectivity index (χ1n) is 9.35. The highest BCUT2D eigenvalue weighted by molar-refractivity contribution is 6.30. The van der Waals surface area contributed by atoms with Crippen molar-refractivity contribution in [1.29, 1.82) is 0 Å². The van der Waals surface area contributed by atoms with Crippen molar-refractivity contribution >= 4 is 17.5 Å². The van der Waals surface area contributed by atoms with Crippen LogP contribution in [-0.2, 0) is 0 Å². The van der Waals surface area contributed by atoms with Crippen LogP contribution in [0.2, 0.25) is 5.02 Å². The molecule has 2 aliphatic rings. The molecule has 2 nitrogen and oxygen atoms in total. The zero-order valence-corrected chi connectivity index (χ0v) is 15.2. The summed E-state index contributed by atoms with van der Waals surface area (Å²) >= 11 is 5.97. The molecule has 2 aromatic rings. The van der Waals surface area contributed by atoms with Gasteiger partial charge >= 0.3 is 0 Å². The Morgan fingerprint density at radius 2 is 1.64 bits per heavy atom. The van der Waals surface area contributed by atoms with E-state index in [1.807, 2.05) is 24.3 Å². The topological polar surface area (TPSA) is 20.3 Å². The number of benzene rings is 2. The zero-order valence-electron chi connectivity index (χ0n) is 14.4. The average molecular weight is 354 g/mol. The number of fused-ring (bicyclic) bond motifs is 1.